The molecule has 0 fully saturated rings. The van der Waals surface area contributed by atoms with Crippen LogP contribution in [0.1, 0.15) is 205 Å². The van der Waals surface area contributed by atoms with E-state index < -0.39 is 112 Å². The zero-order valence-electron chi connectivity index (χ0n) is 82.7. The molecule has 0 aromatic rings. The Morgan fingerprint density at radius 3 is 0.500 bits per heavy atom. The van der Waals surface area contributed by atoms with Gasteiger partial charge in [-0.3, -0.25) is 217 Å². The lowest BCUT2D eigenvalue weighted by Gasteiger charge is -2.34. The quantitative estimate of drug-likeness (QED) is 0.0643. The molecule has 11 rings (SSSR count). The van der Waals surface area contributed by atoms with E-state index in [0.29, 0.717) is 45.1 Å². The first kappa shape index (κ1) is 120. The van der Waals surface area contributed by atoms with E-state index in [9.17, 15) is 163 Å². The SMILES string of the molecule is COCCC(N)=O.O=C(CCC(=O)CCN1C(=O)C=CC1=O)CCN1C(=O)C=CC1=O.O=C(CCC(CCC(=O)CCN1C(=O)C=CC1=O)CC(=O)CCN1C(=O)C=CC1=O)CCN1C(=O)C=CC1=O.O=C(CCCCCC(=O)CCN1C(=O)C=CC1=O)CCN1C(=O)C=CC1=O.O=C(CCN1C(=O)C=CC1=O)CCC(CCC(=O)CCN1C(=O)C=CC1=O)(CCC(=O)CCN1C(=O)C=CC1=O)CCC(=O)CCN1C(=O)C=CC1=O. The van der Waals surface area contributed by atoms with Crippen molar-refractivity contribution < 1.29 is 168 Å². The lowest BCUT2D eigenvalue weighted by molar-refractivity contribution is -0.139. The van der Waals surface area contributed by atoms with Crippen molar-refractivity contribution in [1.29, 1.82) is 0 Å². The van der Waals surface area contributed by atoms with Crippen LogP contribution in [0.25, 0.3) is 0 Å². The molecule has 0 spiro atoms. The molecule has 0 saturated heterocycles. The molecule has 23 amide bonds. The Labute approximate surface area is 859 Å². The minimum absolute atomic E-state index is 0.000140. The first-order valence-electron chi connectivity index (χ1n) is 48.6. The van der Waals surface area contributed by atoms with Crippen molar-refractivity contribution in [2.24, 2.45) is 17.1 Å². The molecular formula is C103H116N12O35. The molecule has 0 aliphatic carbocycles. The van der Waals surface area contributed by atoms with Gasteiger partial charge in [-0.25, -0.2) is 0 Å². The Morgan fingerprint density at radius 1 is 0.200 bits per heavy atom. The predicted molar refractivity (Wildman–Crippen MR) is 514 cm³/mol. The van der Waals surface area contributed by atoms with Gasteiger partial charge >= 0.3 is 0 Å². The highest BCUT2D eigenvalue weighted by atomic mass is 16.5. The van der Waals surface area contributed by atoms with E-state index in [1.807, 2.05) is 0 Å². The number of unbranched alkanes of at least 4 members (excludes halogenated alkanes) is 2. The Kier molecular flexibility index (Phi) is 48.6. The maximum atomic E-state index is 13.1. The summed E-state index contributed by atoms with van der Waals surface area (Å²) < 4.78 is 4.55. The van der Waals surface area contributed by atoms with Crippen molar-refractivity contribution in [3.63, 3.8) is 0 Å². The van der Waals surface area contributed by atoms with Gasteiger partial charge in [-0.15, -0.1) is 0 Å². The van der Waals surface area contributed by atoms with E-state index in [-0.39, 0.29) is 338 Å². The number of nitrogens with zero attached hydrogens (tertiary/aromatic N) is 11. The number of amides is 23. The molecule has 0 saturated carbocycles. The average molecular weight is 2080 g/mol. The molecule has 47 heteroatoms. The fraction of sp³-hybridized carbons (Fsp3) is 0.456. The smallest absolute Gasteiger partial charge is 0.253 e. The number of primary amides is 1. The first-order valence-corrected chi connectivity index (χ1v) is 48.6. The molecule has 0 radical (unpaired) electrons. The molecule has 0 atom stereocenters. The molecule has 11 heterocycles. The van der Waals surface area contributed by atoms with Crippen LogP contribution in [0.3, 0.4) is 0 Å². The van der Waals surface area contributed by atoms with Gasteiger partial charge in [0.2, 0.25) is 5.91 Å². The summed E-state index contributed by atoms with van der Waals surface area (Å²) in [5.41, 5.74) is 3.80. The van der Waals surface area contributed by atoms with Crippen LogP contribution in [0.15, 0.2) is 134 Å². The first-order chi connectivity index (χ1) is 71.2. The highest BCUT2D eigenvalue weighted by Crippen LogP contribution is 2.41. The Bertz CT molecular complexity index is 5200. The Hall–Kier alpha value is -16.5. The van der Waals surface area contributed by atoms with Crippen LogP contribution in [0.2, 0.25) is 0 Å². The molecule has 0 unspecified atom stereocenters. The zero-order valence-corrected chi connectivity index (χ0v) is 82.7. The highest BCUT2D eigenvalue weighted by Gasteiger charge is 2.38. The summed E-state index contributed by atoms with van der Waals surface area (Å²) in [7, 11) is 1.53. The minimum Gasteiger partial charge on any atom is -0.384 e. The number of nitrogens with two attached hydrogens (primary N) is 1. The summed E-state index contributed by atoms with van der Waals surface area (Å²) >= 11 is 0. The van der Waals surface area contributed by atoms with E-state index in [4.69, 9.17) is 5.73 Å². The standard InChI is InChI=1S/C37H40N4O12.C27H29N3O9.C19H22N2O6.C16H16N2O6.C4H9NO2/c42-25(13-21-38-29(46)1-2-30(38)47)9-17-37(18-10-26(43)14-22-39-31(48)3-4-32(39)49,19-11-27(44)15-23-40-33(50)5-6-34(40)51)20-12-28(45)16-24-41-35(52)7-8-36(41)53;31-19(11-14-28-22(34)5-6-23(28)35)3-1-18(17-21(33)13-16-30-26(38)9-10-27(30)39)2-4-20(32)12-15-29-24(36)7-8-25(29)37;22-14(10-12-20-16(24)6-7-17(20)25)4-2-1-3-5-15(23)11-13-21-18(26)8-9-19(21)27;19-11(7-9-17-13(21)3-4-14(17)22)1-2-12(20)8-10-18-15(23)5-6-16(18)24;1-7-3-2-4(5)6/h1-8H,9-24H2;5-10,18H,1-4,11-17H2;6-9H,1-5,10-13H2;3-6H,1-2,7-10H2;2-3H2,1H3,(H2,5,6). The molecule has 2 N–H and O–H groups in total. The van der Waals surface area contributed by atoms with Gasteiger partial charge in [0.1, 0.15) is 63.6 Å². The number of Topliss-reactive ketones (excluding diaryl/α,β-unsaturated/α-hetero) is 11. The van der Waals surface area contributed by atoms with Gasteiger partial charge in [0, 0.05) is 360 Å². The maximum Gasteiger partial charge on any atom is 0.253 e. The number of carbonyl (C=O) groups excluding carboxylic acids is 34. The van der Waals surface area contributed by atoms with Crippen molar-refractivity contribution in [3.05, 3.63) is 134 Å². The molecule has 0 aromatic carbocycles. The minimum atomic E-state index is -0.958. The largest absolute Gasteiger partial charge is 0.384 e. The lowest BCUT2D eigenvalue weighted by atomic mass is 9.70. The van der Waals surface area contributed by atoms with E-state index in [1.165, 1.54) is 31.4 Å². The molecule has 11 aliphatic rings. The van der Waals surface area contributed by atoms with Crippen LogP contribution >= 0.6 is 0 Å². The van der Waals surface area contributed by atoms with Crippen LogP contribution in [-0.2, 0) is 168 Å². The number of hydrogen-bond acceptors (Lipinski definition) is 35. The molecular weight excluding hydrogens is 1970 g/mol. The maximum absolute atomic E-state index is 13.1. The fourth-order valence-corrected chi connectivity index (χ4v) is 16.2. The number of carbonyl (C=O) groups is 34. The number of imide groups is 11. The molecule has 0 bridgehead atoms. The van der Waals surface area contributed by atoms with E-state index in [1.54, 1.807) is 0 Å². The summed E-state index contributed by atoms with van der Waals surface area (Å²) in [6.07, 6.45) is 28.5. The highest BCUT2D eigenvalue weighted by molar-refractivity contribution is 6.19. The van der Waals surface area contributed by atoms with E-state index >= 15 is 0 Å². The van der Waals surface area contributed by atoms with Crippen LogP contribution in [-0.4, -0.2) is 339 Å². The number of ketones is 11. The van der Waals surface area contributed by atoms with Crippen molar-refractivity contribution in [1.82, 2.24) is 53.9 Å². The monoisotopic (exact) mass is 2080 g/mol. The zero-order chi connectivity index (χ0) is 110. The van der Waals surface area contributed by atoms with E-state index in [0.717, 1.165) is 163 Å². The lowest BCUT2D eigenvalue weighted by Crippen LogP contribution is -2.33. The number of ether oxygens (including phenoxy) is 1. The second kappa shape index (κ2) is 60.6. The molecule has 150 heavy (non-hydrogen) atoms. The fourth-order valence-electron chi connectivity index (χ4n) is 16.2. The van der Waals surface area contributed by atoms with Gasteiger partial charge in [-0.1, -0.05) is 6.42 Å². The van der Waals surface area contributed by atoms with E-state index in [2.05, 4.69) is 4.74 Å². The number of hydrogen-bond donors (Lipinski definition) is 1. The topological polar surface area (TPSA) is 651 Å². The molecule has 798 valence electrons. The summed E-state index contributed by atoms with van der Waals surface area (Å²) in [4.78, 5) is 414. The van der Waals surface area contributed by atoms with Gasteiger partial charge < -0.3 is 10.5 Å². The Morgan fingerprint density at radius 2 is 0.347 bits per heavy atom. The van der Waals surface area contributed by atoms with Gasteiger partial charge in [-0.05, 0) is 62.7 Å². The van der Waals surface area contributed by atoms with Crippen molar-refractivity contribution >= 4 is 199 Å². The van der Waals surface area contributed by atoms with Crippen LogP contribution in [0, 0.1) is 11.3 Å². The van der Waals surface area contributed by atoms with Crippen LogP contribution in [0.5, 0.6) is 0 Å². The van der Waals surface area contributed by atoms with Crippen molar-refractivity contribution in [2.45, 2.75) is 205 Å². The van der Waals surface area contributed by atoms with Crippen LogP contribution < -0.4 is 5.73 Å². The Balaban J connectivity index is 0.000000276. The second-order valence-electron chi connectivity index (χ2n) is 35.9. The third-order valence-corrected chi connectivity index (χ3v) is 25.2. The normalized spacial score (nSPS) is 16.3. The number of methoxy groups -OCH3 is 1. The van der Waals surface area contributed by atoms with Crippen LogP contribution in [0.4, 0.5) is 0 Å². The third-order valence-electron chi connectivity index (χ3n) is 25.2. The summed E-state index contributed by atoms with van der Waals surface area (Å²) in [6, 6.07) is 0. The average Bonchev–Trinajstić information content (AvgIpc) is 1.27. The van der Waals surface area contributed by atoms with Gasteiger partial charge in [0.15, 0.2) is 0 Å². The van der Waals surface area contributed by atoms with Gasteiger partial charge in [0.05, 0.1) is 6.61 Å². The van der Waals surface area contributed by atoms with Gasteiger partial charge in [-0.2, -0.15) is 0 Å². The van der Waals surface area contributed by atoms with Crippen molar-refractivity contribution in [2.75, 3.05) is 85.7 Å². The molecule has 11 aliphatic heterocycles. The second-order valence-corrected chi connectivity index (χ2v) is 35.9. The molecule has 0 aromatic heterocycles. The van der Waals surface area contributed by atoms with Gasteiger partial charge in [0.25, 0.3) is 130 Å². The third kappa shape index (κ3) is 40.0. The number of rotatable bonds is 65. The summed E-state index contributed by atoms with van der Waals surface area (Å²) in [6.45, 7) is -0.0703. The van der Waals surface area contributed by atoms with Crippen molar-refractivity contribution in [3.8, 4) is 0 Å². The summed E-state index contributed by atoms with van der Waals surface area (Å²) in [5, 5.41) is 0. The molecule has 47 nitrogen and oxygen atoms in total. The summed E-state index contributed by atoms with van der Waals surface area (Å²) in [5.74, 6) is -13.6. The predicted octanol–water partition coefficient (Wildman–Crippen LogP) is 0.585.